The molecule has 0 aromatic heterocycles. The second kappa shape index (κ2) is 3.01. The molecule has 0 amide bonds. The molecule has 0 saturated heterocycles. The monoisotopic (exact) mass is 202 g/mol. The summed E-state index contributed by atoms with van der Waals surface area (Å²) < 4.78 is 6.08. The summed E-state index contributed by atoms with van der Waals surface area (Å²) in [5.74, 6) is 3.95. The number of para-hydroxylation sites is 1. The van der Waals surface area contributed by atoms with E-state index in [1.54, 1.807) is 0 Å². The van der Waals surface area contributed by atoms with Gasteiger partial charge in [-0.05, 0) is 23.8 Å². The van der Waals surface area contributed by atoms with Crippen LogP contribution in [0, 0.1) is 17.8 Å². The molecule has 0 spiro atoms. The van der Waals surface area contributed by atoms with Crippen molar-refractivity contribution in [2.75, 3.05) is 0 Å². The molecule has 5 atom stereocenters. The van der Waals surface area contributed by atoms with E-state index in [1.807, 2.05) is 0 Å². The van der Waals surface area contributed by atoms with Crippen molar-refractivity contribution in [1.82, 2.24) is 0 Å². The molecule has 0 N–H and O–H groups in total. The summed E-state index contributed by atoms with van der Waals surface area (Å²) in [6, 6.07) is 8.54. The van der Waals surface area contributed by atoms with Crippen molar-refractivity contribution in [2.45, 2.75) is 32.8 Å². The fraction of sp³-hybridized carbons (Fsp3) is 0.571. The molecule has 1 fully saturated rings. The summed E-state index contributed by atoms with van der Waals surface area (Å²) in [7, 11) is 0. The van der Waals surface area contributed by atoms with E-state index in [2.05, 4.69) is 45.0 Å². The van der Waals surface area contributed by atoms with E-state index in [0.29, 0.717) is 17.9 Å². The van der Waals surface area contributed by atoms with Crippen LogP contribution in [0.3, 0.4) is 0 Å². The van der Waals surface area contributed by atoms with E-state index in [1.165, 1.54) is 5.56 Å². The number of ether oxygens (including phenoxy) is 1. The maximum absolute atomic E-state index is 6.08. The average molecular weight is 202 g/mol. The molecule has 1 heteroatoms. The van der Waals surface area contributed by atoms with Crippen LogP contribution >= 0.6 is 0 Å². The lowest BCUT2D eigenvalue weighted by Crippen LogP contribution is -2.21. The summed E-state index contributed by atoms with van der Waals surface area (Å²) in [5.41, 5.74) is 1.44. The van der Waals surface area contributed by atoms with Gasteiger partial charge in [-0.1, -0.05) is 39.0 Å². The summed E-state index contributed by atoms with van der Waals surface area (Å²) in [4.78, 5) is 0. The smallest absolute Gasteiger partial charge is 0.123 e. The van der Waals surface area contributed by atoms with Crippen molar-refractivity contribution in [1.29, 1.82) is 0 Å². The highest BCUT2D eigenvalue weighted by atomic mass is 16.5. The molecule has 3 rings (SSSR count). The van der Waals surface area contributed by atoms with Gasteiger partial charge in [-0.3, -0.25) is 0 Å². The Balaban J connectivity index is 2.06. The molecular formula is C14H18O. The maximum atomic E-state index is 6.08. The third kappa shape index (κ3) is 1.09. The lowest BCUT2D eigenvalue weighted by molar-refractivity contribution is 0.167. The minimum Gasteiger partial charge on any atom is -0.489 e. The number of hydrogen-bond acceptors (Lipinski definition) is 1. The summed E-state index contributed by atoms with van der Waals surface area (Å²) in [6.45, 7) is 7.06. The van der Waals surface area contributed by atoms with Crippen LogP contribution in [0.5, 0.6) is 5.75 Å². The van der Waals surface area contributed by atoms with Gasteiger partial charge in [0.25, 0.3) is 0 Å². The van der Waals surface area contributed by atoms with Crippen LogP contribution in [0.25, 0.3) is 0 Å². The highest BCUT2D eigenvalue weighted by Gasteiger charge is 2.50. The average Bonchev–Trinajstić information content (AvgIpc) is 2.72. The standard InChI is InChI=1S/C14H18O/c1-8-9(2)13-11-6-4-5-7-12(11)15-14(13)10(8)3/h4-10,13-14H,1-3H3. The second-order valence-electron chi connectivity index (χ2n) is 5.22. The molecule has 2 aliphatic rings. The molecule has 1 aromatic rings. The van der Waals surface area contributed by atoms with Crippen molar-refractivity contribution < 1.29 is 4.74 Å². The van der Waals surface area contributed by atoms with E-state index in [4.69, 9.17) is 4.74 Å². The third-order valence-corrected chi connectivity index (χ3v) is 4.64. The third-order valence-electron chi connectivity index (χ3n) is 4.64. The minimum absolute atomic E-state index is 0.424. The first kappa shape index (κ1) is 9.26. The van der Waals surface area contributed by atoms with Gasteiger partial charge in [0, 0.05) is 11.5 Å². The first-order valence-corrected chi connectivity index (χ1v) is 5.95. The molecule has 15 heavy (non-hydrogen) atoms. The van der Waals surface area contributed by atoms with E-state index in [0.717, 1.165) is 17.6 Å². The van der Waals surface area contributed by atoms with Gasteiger partial charge in [0.1, 0.15) is 11.9 Å². The van der Waals surface area contributed by atoms with Gasteiger partial charge in [-0.15, -0.1) is 0 Å². The fourth-order valence-corrected chi connectivity index (χ4v) is 3.38. The molecule has 1 aromatic carbocycles. The van der Waals surface area contributed by atoms with Gasteiger partial charge in [0.15, 0.2) is 0 Å². The number of rotatable bonds is 0. The van der Waals surface area contributed by atoms with Crippen LogP contribution in [0.15, 0.2) is 24.3 Å². The lowest BCUT2D eigenvalue weighted by Gasteiger charge is -2.18. The van der Waals surface area contributed by atoms with Crippen LogP contribution in [-0.2, 0) is 0 Å². The second-order valence-corrected chi connectivity index (χ2v) is 5.22. The Labute approximate surface area is 91.5 Å². The first-order valence-electron chi connectivity index (χ1n) is 5.95. The largest absolute Gasteiger partial charge is 0.489 e. The molecule has 5 unspecified atom stereocenters. The van der Waals surface area contributed by atoms with Gasteiger partial charge in [-0.25, -0.2) is 0 Å². The Morgan fingerprint density at radius 1 is 0.933 bits per heavy atom. The number of benzene rings is 1. The van der Waals surface area contributed by atoms with Crippen LogP contribution in [0.2, 0.25) is 0 Å². The zero-order chi connectivity index (χ0) is 10.6. The zero-order valence-corrected chi connectivity index (χ0v) is 9.60. The minimum atomic E-state index is 0.424. The van der Waals surface area contributed by atoms with Crippen molar-refractivity contribution in [3.63, 3.8) is 0 Å². The van der Waals surface area contributed by atoms with Crippen LogP contribution in [0.4, 0.5) is 0 Å². The normalized spacial score (nSPS) is 42.2. The Kier molecular flexibility index (Phi) is 1.86. The molecule has 1 saturated carbocycles. The fourth-order valence-electron chi connectivity index (χ4n) is 3.38. The summed E-state index contributed by atoms with van der Waals surface area (Å²) >= 11 is 0. The quantitative estimate of drug-likeness (QED) is 0.626. The van der Waals surface area contributed by atoms with E-state index in [9.17, 15) is 0 Å². The molecule has 80 valence electrons. The molecule has 0 radical (unpaired) electrons. The van der Waals surface area contributed by atoms with Gasteiger partial charge in [0.05, 0.1) is 0 Å². The SMILES string of the molecule is CC1C(C)C2Oc3ccccc3C2C1C. The van der Waals surface area contributed by atoms with E-state index in [-0.39, 0.29) is 0 Å². The van der Waals surface area contributed by atoms with Crippen molar-refractivity contribution >= 4 is 0 Å². The first-order chi connectivity index (χ1) is 7.20. The Hall–Kier alpha value is -0.980. The van der Waals surface area contributed by atoms with Gasteiger partial charge in [-0.2, -0.15) is 0 Å². The topological polar surface area (TPSA) is 9.23 Å². The summed E-state index contributed by atoms with van der Waals surface area (Å²) in [5, 5.41) is 0. The molecule has 0 bridgehead atoms. The molecule has 1 nitrogen and oxygen atoms in total. The molecule has 1 aliphatic carbocycles. The van der Waals surface area contributed by atoms with Gasteiger partial charge < -0.3 is 4.74 Å². The van der Waals surface area contributed by atoms with E-state index < -0.39 is 0 Å². The van der Waals surface area contributed by atoms with E-state index >= 15 is 0 Å². The molecule has 1 heterocycles. The predicted octanol–water partition coefficient (Wildman–Crippen LogP) is 3.45. The van der Waals surface area contributed by atoms with Crippen molar-refractivity contribution in [3.8, 4) is 5.75 Å². The highest BCUT2D eigenvalue weighted by Crippen LogP contribution is 2.54. The Morgan fingerprint density at radius 3 is 2.47 bits per heavy atom. The summed E-state index contributed by atoms with van der Waals surface area (Å²) in [6.07, 6.45) is 0.424. The van der Waals surface area contributed by atoms with Gasteiger partial charge in [0.2, 0.25) is 0 Å². The van der Waals surface area contributed by atoms with Crippen LogP contribution in [0.1, 0.15) is 32.3 Å². The maximum Gasteiger partial charge on any atom is 0.123 e. The Bertz CT molecular complexity index is 385. The van der Waals surface area contributed by atoms with Gasteiger partial charge >= 0.3 is 0 Å². The lowest BCUT2D eigenvalue weighted by atomic mass is 9.87. The molecular weight excluding hydrogens is 184 g/mol. The van der Waals surface area contributed by atoms with Crippen LogP contribution in [-0.4, -0.2) is 6.10 Å². The van der Waals surface area contributed by atoms with Crippen LogP contribution < -0.4 is 4.74 Å². The van der Waals surface area contributed by atoms with Crippen molar-refractivity contribution in [3.05, 3.63) is 29.8 Å². The number of hydrogen-bond donors (Lipinski definition) is 0. The predicted molar refractivity (Wildman–Crippen MR) is 61.1 cm³/mol. The number of fused-ring (bicyclic) bond motifs is 3. The zero-order valence-electron chi connectivity index (χ0n) is 9.60. The molecule has 1 aliphatic heterocycles. The van der Waals surface area contributed by atoms with Crippen molar-refractivity contribution in [2.24, 2.45) is 17.8 Å². The Morgan fingerprint density at radius 2 is 1.67 bits per heavy atom. The highest BCUT2D eigenvalue weighted by molar-refractivity contribution is 5.42.